The monoisotopic (exact) mass is 400 g/mol. The van der Waals surface area contributed by atoms with Gasteiger partial charge in [0, 0.05) is 61.3 Å². The first-order chi connectivity index (χ1) is 14.6. The fourth-order valence-electron chi connectivity index (χ4n) is 3.31. The number of ether oxygens (including phenoxy) is 1. The van der Waals surface area contributed by atoms with E-state index in [4.69, 9.17) is 4.74 Å². The number of nitrogens with one attached hydrogen (secondary N) is 1. The first-order valence-corrected chi connectivity index (χ1v) is 9.75. The van der Waals surface area contributed by atoms with E-state index in [2.05, 4.69) is 25.4 Å². The van der Waals surface area contributed by atoms with E-state index in [0.29, 0.717) is 17.3 Å². The third-order valence-electron chi connectivity index (χ3n) is 5.08. The molecule has 0 saturated carbocycles. The van der Waals surface area contributed by atoms with Crippen molar-refractivity contribution in [1.82, 2.24) is 30.0 Å². The van der Waals surface area contributed by atoms with Gasteiger partial charge in [-0.15, -0.1) is 0 Å². The van der Waals surface area contributed by atoms with Gasteiger partial charge in [0.15, 0.2) is 5.78 Å². The predicted octanol–water partition coefficient (Wildman–Crippen LogP) is 2.20. The molecule has 4 aromatic rings. The number of ketones is 1. The van der Waals surface area contributed by atoms with E-state index in [-0.39, 0.29) is 18.3 Å². The summed E-state index contributed by atoms with van der Waals surface area (Å²) in [6.07, 6.45) is 7.34. The number of fused-ring (bicyclic) bond motifs is 1. The van der Waals surface area contributed by atoms with Gasteiger partial charge in [-0.3, -0.25) is 9.48 Å². The molecule has 0 radical (unpaired) electrons. The minimum absolute atomic E-state index is 0.0725. The van der Waals surface area contributed by atoms with Gasteiger partial charge in [-0.1, -0.05) is 12.1 Å². The molecule has 8 heteroatoms. The molecule has 0 amide bonds. The van der Waals surface area contributed by atoms with Crippen molar-refractivity contribution in [3.63, 3.8) is 0 Å². The maximum atomic E-state index is 12.8. The van der Waals surface area contributed by atoms with Crippen LogP contribution in [0.2, 0.25) is 0 Å². The van der Waals surface area contributed by atoms with E-state index in [1.54, 1.807) is 29.2 Å². The molecule has 1 saturated heterocycles. The lowest BCUT2D eigenvalue weighted by Crippen LogP contribution is -2.50. The molecule has 0 atom stereocenters. The van der Waals surface area contributed by atoms with Gasteiger partial charge in [0.25, 0.3) is 0 Å². The number of pyridine rings is 1. The van der Waals surface area contributed by atoms with Crippen LogP contribution in [-0.4, -0.2) is 49.7 Å². The van der Waals surface area contributed by atoms with Gasteiger partial charge in [0.05, 0.1) is 18.1 Å². The van der Waals surface area contributed by atoms with Gasteiger partial charge in [-0.25, -0.2) is 15.0 Å². The molecular formula is C22H20N6O2. The summed E-state index contributed by atoms with van der Waals surface area (Å²) in [5.74, 6) is 0.878. The van der Waals surface area contributed by atoms with Crippen LogP contribution in [0.1, 0.15) is 16.2 Å². The number of aromatic nitrogens is 5. The van der Waals surface area contributed by atoms with Crippen LogP contribution in [0, 0.1) is 0 Å². The molecule has 30 heavy (non-hydrogen) atoms. The van der Waals surface area contributed by atoms with Gasteiger partial charge >= 0.3 is 0 Å². The zero-order valence-electron chi connectivity index (χ0n) is 16.4. The van der Waals surface area contributed by atoms with Gasteiger partial charge in [0.2, 0.25) is 5.88 Å². The number of hydrogen-bond donors (Lipinski definition) is 1. The summed E-state index contributed by atoms with van der Waals surface area (Å²) < 4.78 is 7.50. The molecule has 0 spiro atoms. The van der Waals surface area contributed by atoms with Crippen LogP contribution in [0.5, 0.6) is 5.88 Å². The van der Waals surface area contributed by atoms with Crippen molar-refractivity contribution in [3.05, 3.63) is 66.5 Å². The highest BCUT2D eigenvalue weighted by molar-refractivity contribution is 5.97. The second-order valence-electron chi connectivity index (χ2n) is 7.34. The van der Waals surface area contributed by atoms with Crippen LogP contribution in [-0.2, 0) is 13.5 Å². The van der Waals surface area contributed by atoms with Crippen molar-refractivity contribution >= 4 is 16.7 Å². The molecule has 0 aliphatic carbocycles. The topological polar surface area (TPSA) is 94.8 Å². The third-order valence-corrected chi connectivity index (χ3v) is 5.08. The largest absolute Gasteiger partial charge is 0.472 e. The number of carbonyl (C=O) groups is 1. The highest BCUT2D eigenvalue weighted by Crippen LogP contribution is 2.23. The Morgan fingerprint density at radius 1 is 1.17 bits per heavy atom. The summed E-state index contributed by atoms with van der Waals surface area (Å²) in [6, 6.07) is 9.36. The Hall–Kier alpha value is -3.65. The van der Waals surface area contributed by atoms with Crippen molar-refractivity contribution in [3.8, 4) is 17.0 Å². The van der Waals surface area contributed by atoms with E-state index in [9.17, 15) is 4.79 Å². The lowest BCUT2D eigenvalue weighted by Gasteiger charge is -2.27. The number of Topliss-reactive ketones (excluding diaryl/α,β-unsaturated/α-hetero) is 1. The smallest absolute Gasteiger partial charge is 0.214 e. The quantitative estimate of drug-likeness (QED) is 0.496. The zero-order valence-corrected chi connectivity index (χ0v) is 16.4. The molecule has 1 aromatic carbocycles. The molecule has 5 rings (SSSR count). The lowest BCUT2D eigenvalue weighted by molar-refractivity contribution is 0.0988. The fourth-order valence-corrected chi connectivity index (χ4v) is 3.31. The van der Waals surface area contributed by atoms with Crippen LogP contribution >= 0.6 is 0 Å². The van der Waals surface area contributed by atoms with Crippen molar-refractivity contribution < 1.29 is 9.53 Å². The zero-order chi connectivity index (χ0) is 20.5. The van der Waals surface area contributed by atoms with E-state index in [1.807, 2.05) is 37.6 Å². The number of nitrogens with zero attached hydrogens (tertiary/aromatic N) is 5. The van der Waals surface area contributed by atoms with E-state index >= 15 is 0 Å². The Bertz CT molecular complexity index is 1230. The van der Waals surface area contributed by atoms with Crippen LogP contribution in [0.3, 0.4) is 0 Å². The molecule has 4 heterocycles. The normalized spacial score (nSPS) is 13.9. The summed E-state index contributed by atoms with van der Waals surface area (Å²) in [4.78, 5) is 25.9. The molecule has 1 aliphatic rings. The number of carbonyl (C=O) groups excluding carboxylic acids is 1. The Labute approximate surface area is 173 Å². The minimum Gasteiger partial charge on any atom is -0.472 e. The first-order valence-electron chi connectivity index (χ1n) is 9.75. The lowest BCUT2D eigenvalue weighted by atomic mass is 10.1. The van der Waals surface area contributed by atoms with Crippen molar-refractivity contribution in [2.24, 2.45) is 7.05 Å². The average molecular weight is 400 g/mol. The minimum atomic E-state index is -0.0725. The number of hydrogen-bond acceptors (Lipinski definition) is 7. The second kappa shape index (κ2) is 7.64. The molecular weight excluding hydrogens is 380 g/mol. The molecule has 1 aliphatic heterocycles. The van der Waals surface area contributed by atoms with Crippen LogP contribution in [0.4, 0.5) is 0 Å². The summed E-state index contributed by atoms with van der Waals surface area (Å²) >= 11 is 0. The molecule has 0 bridgehead atoms. The third kappa shape index (κ3) is 3.77. The average Bonchev–Trinajstić information content (AvgIpc) is 3.17. The highest BCUT2D eigenvalue weighted by Gasteiger charge is 2.19. The van der Waals surface area contributed by atoms with Gasteiger partial charge < -0.3 is 10.1 Å². The first kappa shape index (κ1) is 18.4. The van der Waals surface area contributed by atoms with Gasteiger partial charge in [0.1, 0.15) is 11.9 Å². The van der Waals surface area contributed by atoms with Crippen molar-refractivity contribution in [2.75, 3.05) is 13.1 Å². The van der Waals surface area contributed by atoms with E-state index < -0.39 is 0 Å². The maximum Gasteiger partial charge on any atom is 0.214 e. The fraction of sp³-hybridized carbons (Fsp3) is 0.227. The summed E-state index contributed by atoms with van der Waals surface area (Å²) in [5.41, 5.74) is 3.38. The SMILES string of the molecule is Cn1cc(-c2ccc3cnc(CC(=O)c4ccnc(OC5CNC5)c4)nc3c2)cn1. The molecule has 0 unspecified atom stereocenters. The Kier molecular flexibility index (Phi) is 4.68. The van der Waals surface area contributed by atoms with E-state index in [1.165, 1.54) is 0 Å². The predicted molar refractivity (Wildman–Crippen MR) is 111 cm³/mol. The standard InChI is InChI=1S/C22H20N6O2/c1-28-13-17(10-26-28)14-2-3-16-9-25-21(27-19(16)6-14)8-20(29)15-4-5-24-22(7-15)30-18-11-23-12-18/h2-7,9-10,13,18,23H,8,11-12H2,1H3. The summed E-state index contributed by atoms with van der Waals surface area (Å²) in [5, 5.41) is 8.28. The second-order valence-corrected chi connectivity index (χ2v) is 7.34. The molecule has 1 N–H and O–H groups in total. The molecule has 1 fully saturated rings. The Morgan fingerprint density at radius 3 is 2.83 bits per heavy atom. The molecule has 8 nitrogen and oxygen atoms in total. The van der Waals surface area contributed by atoms with Gasteiger partial charge in [-0.05, 0) is 17.7 Å². The van der Waals surface area contributed by atoms with Crippen LogP contribution in [0.15, 0.2) is 55.1 Å². The van der Waals surface area contributed by atoms with Crippen molar-refractivity contribution in [2.45, 2.75) is 12.5 Å². The van der Waals surface area contributed by atoms with Crippen molar-refractivity contribution in [1.29, 1.82) is 0 Å². The Morgan fingerprint density at radius 2 is 2.07 bits per heavy atom. The Balaban J connectivity index is 1.36. The van der Waals surface area contributed by atoms with Crippen LogP contribution < -0.4 is 10.1 Å². The van der Waals surface area contributed by atoms with Gasteiger partial charge in [-0.2, -0.15) is 5.10 Å². The summed E-state index contributed by atoms with van der Waals surface area (Å²) in [7, 11) is 1.88. The number of benzene rings is 1. The number of rotatable bonds is 6. The molecule has 150 valence electrons. The van der Waals surface area contributed by atoms with Crippen LogP contribution in [0.25, 0.3) is 22.0 Å². The van der Waals surface area contributed by atoms with E-state index in [0.717, 1.165) is 35.1 Å². The molecule has 3 aromatic heterocycles. The summed E-state index contributed by atoms with van der Waals surface area (Å²) in [6.45, 7) is 1.59. The number of aryl methyl sites for hydroxylation is 1. The maximum absolute atomic E-state index is 12.8. The highest BCUT2D eigenvalue weighted by atomic mass is 16.5.